The van der Waals surface area contributed by atoms with Crippen molar-refractivity contribution in [3.05, 3.63) is 12.2 Å². The Bertz CT molecular complexity index is 289. The number of unbranched alkanes of at least 4 members (excludes halogenated alkanes) is 7. The number of carbonyl (C=O) groups excluding carboxylic acids is 1. The summed E-state index contributed by atoms with van der Waals surface area (Å²) in [5.41, 5.74) is 0. The fourth-order valence-corrected chi connectivity index (χ4v) is 3.37. The van der Waals surface area contributed by atoms with Crippen LogP contribution in [0.1, 0.15) is 97.3 Å². The third-order valence-corrected chi connectivity index (χ3v) is 5.24. The quantitative estimate of drug-likeness (QED) is 0.0856. The molecule has 0 saturated carbocycles. The first-order valence-corrected chi connectivity index (χ1v) is 10.9. The van der Waals surface area contributed by atoms with Crippen molar-refractivity contribution in [3.8, 4) is 0 Å². The van der Waals surface area contributed by atoms with E-state index in [9.17, 15) is 4.79 Å². The second kappa shape index (κ2) is 18.3. The van der Waals surface area contributed by atoms with Gasteiger partial charge in [-0.25, -0.2) is 0 Å². The molecule has 0 aliphatic carbocycles. The van der Waals surface area contributed by atoms with E-state index < -0.39 is 0 Å². The van der Waals surface area contributed by atoms with Crippen molar-refractivity contribution in [1.29, 1.82) is 0 Å². The standard InChI is InChI=1S/C20H37IO2/c1-3-5-13-16-19(21)17-14-11-9-7-6-8-10-12-15-18-20(22)23-4-2/h9,11,19H,3-8,10,12-18H2,1-2H3/b11-9-. The number of halogens is 1. The van der Waals surface area contributed by atoms with E-state index in [-0.39, 0.29) is 5.97 Å². The molecular formula is C20H37IO2. The summed E-state index contributed by atoms with van der Waals surface area (Å²) in [6, 6.07) is 0. The van der Waals surface area contributed by atoms with Crippen molar-refractivity contribution in [3.63, 3.8) is 0 Å². The van der Waals surface area contributed by atoms with Crippen molar-refractivity contribution in [2.75, 3.05) is 6.61 Å². The Hall–Kier alpha value is -0.0600. The molecular weight excluding hydrogens is 399 g/mol. The van der Waals surface area contributed by atoms with Gasteiger partial charge in [0, 0.05) is 10.3 Å². The molecule has 0 fully saturated rings. The first-order chi connectivity index (χ1) is 11.2. The molecule has 1 atom stereocenters. The molecule has 0 aliphatic rings. The first-order valence-electron chi connectivity index (χ1n) is 9.65. The molecule has 0 aromatic rings. The maximum absolute atomic E-state index is 11.2. The molecule has 0 bridgehead atoms. The third kappa shape index (κ3) is 18.1. The number of hydrogen-bond donors (Lipinski definition) is 0. The Morgan fingerprint density at radius 2 is 1.61 bits per heavy atom. The lowest BCUT2D eigenvalue weighted by Gasteiger charge is -2.07. The normalized spacial score (nSPS) is 12.7. The van der Waals surface area contributed by atoms with Crippen LogP contribution >= 0.6 is 22.6 Å². The molecule has 3 heteroatoms. The molecule has 1 unspecified atom stereocenters. The topological polar surface area (TPSA) is 26.3 Å². The molecule has 0 spiro atoms. The van der Waals surface area contributed by atoms with Gasteiger partial charge in [0.1, 0.15) is 0 Å². The monoisotopic (exact) mass is 436 g/mol. The van der Waals surface area contributed by atoms with Gasteiger partial charge in [-0.1, -0.05) is 80.2 Å². The lowest BCUT2D eigenvalue weighted by molar-refractivity contribution is -0.143. The average Bonchev–Trinajstić information content (AvgIpc) is 2.53. The van der Waals surface area contributed by atoms with E-state index in [0.717, 1.165) is 16.8 Å². The molecule has 0 N–H and O–H groups in total. The Balaban J connectivity index is 3.26. The highest BCUT2D eigenvalue weighted by Crippen LogP contribution is 2.17. The minimum absolute atomic E-state index is 0.0429. The number of ether oxygens (including phenoxy) is 1. The van der Waals surface area contributed by atoms with Crippen molar-refractivity contribution in [2.45, 2.75) is 101 Å². The molecule has 0 rings (SSSR count). The molecule has 0 radical (unpaired) electrons. The van der Waals surface area contributed by atoms with Gasteiger partial charge in [0.2, 0.25) is 0 Å². The van der Waals surface area contributed by atoms with Crippen LogP contribution in [0.2, 0.25) is 0 Å². The molecule has 0 aliphatic heterocycles. The van der Waals surface area contributed by atoms with Crippen LogP contribution in [0.5, 0.6) is 0 Å². The summed E-state index contributed by atoms with van der Waals surface area (Å²) in [5, 5.41) is 0. The maximum atomic E-state index is 11.2. The predicted octanol–water partition coefficient (Wildman–Crippen LogP) is 7.00. The van der Waals surface area contributed by atoms with Crippen LogP contribution in [-0.4, -0.2) is 16.5 Å². The second-order valence-corrected chi connectivity index (χ2v) is 8.01. The molecule has 23 heavy (non-hydrogen) atoms. The summed E-state index contributed by atoms with van der Waals surface area (Å²) < 4.78 is 5.77. The fraction of sp³-hybridized carbons (Fsp3) is 0.850. The molecule has 0 aromatic heterocycles. The highest BCUT2D eigenvalue weighted by Gasteiger charge is 2.02. The lowest BCUT2D eigenvalue weighted by atomic mass is 10.1. The van der Waals surface area contributed by atoms with E-state index in [1.54, 1.807) is 0 Å². The number of esters is 1. The van der Waals surface area contributed by atoms with Gasteiger partial charge in [0.15, 0.2) is 0 Å². The average molecular weight is 436 g/mol. The Morgan fingerprint density at radius 3 is 2.35 bits per heavy atom. The predicted molar refractivity (Wildman–Crippen MR) is 109 cm³/mol. The van der Waals surface area contributed by atoms with Gasteiger partial charge in [-0.05, 0) is 45.4 Å². The van der Waals surface area contributed by atoms with Gasteiger partial charge in [-0.2, -0.15) is 0 Å². The van der Waals surface area contributed by atoms with Crippen LogP contribution in [0.3, 0.4) is 0 Å². The van der Waals surface area contributed by atoms with Gasteiger partial charge in [-0.3, -0.25) is 4.79 Å². The third-order valence-electron chi connectivity index (χ3n) is 3.99. The van der Waals surface area contributed by atoms with Crippen LogP contribution < -0.4 is 0 Å². The Labute approximate surface area is 158 Å². The molecule has 0 heterocycles. The highest BCUT2D eigenvalue weighted by molar-refractivity contribution is 14.1. The number of hydrogen-bond acceptors (Lipinski definition) is 2. The van der Waals surface area contributed by atoms with E-state index in [1.807, 2.05) is 6.92 Å². The molecule has 136 valence electrons. The summed E-state index contributed by atoms with van der Waals surface area (Å²) in [7, 11) is 0. The molecule has 0 aromatic carbocycles. The molecule has 0 saturated heterocycles. The zero-order chi connectivity index (χ0) is 17.2. The van der Waals surface area contributed by atoms with Gasteiger partial charge in [0.05, 0.1) is 6.61 Å². The van der Waals surface area contributed by atoms with E-state index in [4.69, 9.17) is 4.74 Å². The SMILES string of the molecule is CCCCCC(I)CC/C=C\CCCCCCCC(=O)OCC. The van der Waals surface area contributed by atoms with E-state index in [1.165, 1.54) is 64.2 Å². The minimum Gasteiger partial charge on any atom is -0.466 e. The Morgan fingerprint density at radius 1 is 0.913 bits per heavy atom. The van der Waals surface area contributed by atoms with E-state index in [2.05, 4.69) is 41.7 Å². The minimum atomic E-state index is -0.0429. The molecule has 0 amide bonds. The summed E-state index contributed by atoms with van der Waals surface area (Å²) in [6.45, 7) is 4.63. The summed E-state index contributed by atoms with van der Waals surface area (Å²) in [5.74, 6) is -0.0429. The van der Waals surface area contributed by atoms with Crippen LogP contribution in [-0.2, 0) is 9.53 Å². The highest BCUT2D eigenvalue weighted by atomic mass is 127. The largest absolute Gasteiger partial charge is 0.466 e. The van der Waals surface area contributed by atoms with E-state index in [0.29, 0.717) is 13.0 Å². The summed E-state index contributed by atoms with van der Waals surface area (Å²) in [6.07, 6.45) is 20.5. The van der Waals surface area contributed by atoms with Gasteiger partial charge < -0.3 is 4.74 Å². The van der Waals surface area contributed by atoms with E-state index >= 15 is 0 Å². The van der Waals surface area contributed by atoms with Crippen molar-refractivity contribution in [1.82, 2.24) is 0 Å². The van der Waals surface area contributed by atoms with Crippen LogP contribution in [0.15, 0.2) is 12.2 Å². The lowest BCUT2D eigenvalue weighted by Crippen LogP contribution is -2.03. The van der Waals surface area contributed by atoms with Gasteiger partial charge in [-0.15, -0.1) is 0 Å². The van der Waals surface area contributed by atoms with Crippen LogP contribution in [0, 0.1) is 0 Å². The zero-order valence-electron chi connectivity index (χ0n) is 15.3. The summed E-state index contributed by atoms with van der Waals surface area (Å²) in [4.78, 5) is 11.2. The molecule has 2 nitrogen and oxygen atoms in total. The number of carbonyl (C=O) groups is 1. The smallest absolute Gasteiger partial charge is 0.305 e. The van der Waals surface area contributed by atoms with Gasteiger partial charge >= 0.3 is 5.97 Å². The summed E-state index contributed by atoms with van der Waals surface area (Å²) >= 11 is 2.61. The number of alkyl halides is 1. The first kappa shape index (κ1) is 22.9. The van der Waals surface area contributed by atoms with Crippen molar-refractivity contribution >= 4 is 28.6 Å². The van der Waals surface area contributed by atoms with Gasteiger partial charge in [0.25, 0.3) is 0 Å². The zero-order valence-corrected chi connectivity index (χ0v) is 17.5. The van der Waals surface area contributed by atoms with Crippen molar-refractivity contribution < 1.29 is 9.53 Å². The number of rotatable bonds is 16. The Kier molecular flexibility index (Phi) is 18.2. The van der Waals surface area contributed by atoms with Crippen LogP contribution in [0.25, 0.3) is 0 Å². The van der Waals surface area contributed by atoms with Crippen LogP contribution in [0.4, 0.5) is 0 Å². The number of allylic oxidation sites excluding steroid dienone is 2. The second-order valence-electron chi connectivity index (χ2n) is 6.25. The maximum Gasteiger partial charge on any atom is 0.305 e. The van der Waals surface area contributed by atoms with Crippen molar-refractivity contribution in [2.24, 2.45) is 0 Å². The fourth-order valence-electron chi connectivity index (χ4n) is 2.57.